The van der Waals surface area contributed by atoms with Crippen molar-refractivity contribution in [2.24, 2.45) is 11.8 Å². The summed E-state index contributed by atoms with van der Waals surface area (Å²) < 4.78 is 0. The Morgan fingerprint density at radius 2 is 0.881 bits per heavy atom. The molecule has 0 aromatic heterocycles. The third-order valence-electron chi connectivity index (χ3n) is 10.3. The number of carbonyl (C=O) groups excluding carboxylic acids is 2. The third kappa shape index (κ3) is 6.09. The molecule has 0 bridgehead atoms. The van der Waals surface area contributed by atoms with Gasteiger partial charge in [-0.25, -0.2) is 0 Å². The first kappa shape index (κ1) is 28.5. The summed E-state index contributed by atoms with van der Waals surface area (Å²) in [5.74, 6) is 2.73. The Bertz CT molecular complexity index is 1310. The van der Waals surface area contributed by atoms with Crippen LogP contribution in [-0.2, 0) is 9.59 Å². The van der Waals surface area contributed by atoms with Gasteiger partial charge in [-0.15, -0.1) is 0 Å². The van der Waals surface area contributed by atoms with Crippen molar-refractivity contribution in [3.8, 4) is 0 Å². The molecule has 2 saturated carbocycles. The van der Waals surface area contributed by atoms with Gasteiger partial charge in [0.25, 0.3) is 0 Å². The Hall–Kier alpha value is -3.66. The van der Waals surface area contributed by atoms with E-state index in [0.717, 1.165) is 23.2 Å². The minimum atomic E-state index is -0.155. The quantitative estimate of drug-likeness (QED) is 0.338. The number of benzene rings is 2. The van der Waals surface area contributed by atoms with Crippen molar-refractivity contribution in [2.75, 3.05) is 10.6 Å². The molecule has 0 spiro atoms. The second-order valence-corrected chi connectivity index (χ2v) is 12.7. The van der Waals surface area contributed by atoms with E-state index in [0.29, 0.717) is 34.4 Å². The van der Waals surface area contributed by atoms with Crippen LogP contribution in [0.2, 0.25) is 0 Å². The van der Waals surface area contributed by atoms with E-state index in [-0.39, 0.29) is 11.6 Å². The average molecular weight is 561 g/mol. The molecule has 0 amide bonds. The van der Waals surface area contributed by atoms with Gasteiger partial charge in [-0.2, -0.15) is 0 Å². The van der Waals surface area contributed by atoms with Crippen LogP contribution < -0.4 is 10.6 Å². The van der Waals surface area contributed by atoms with Crippen molar-refractivity contribution in [1.82, 2.24) is 0 Å². The van der Waals surface area contributed by atoms with Crippen LogP contribution in [-0.4, -0.2) is 11.6 Å². The third-order valence-corrected chi connectivity index (χ3v) is 10.3. The number of rotatable bonds is 8. The highest BCUT2D eigenvalue weighted by Gasteiger charge is 2.30. The first-order chi connectivity index (χ1) is 20.5. The summed E-state index contributed by atoms with van der Waals surface area (Å²) in [5.41, 5.74) is 6.80. The van der Waals surface area contributed by atoms with Crippen molar-refractivity contribution in [1.29, 1.82) is 0 Å². The Balaban J connectivity index is 1.18. The van der Waals surface area contributed by atoms with Gasteiger partial charge in [0.1, 0.15) is 0 Å². The molecule has 4 heteroatoms. The maximum Gasteiger partial charge on any atom is 0.188 e. The van der Waals surface area contributed by atoms with Gasteiger partial charge in [0.15, 0.2) is 11.6 Å². The molecule has 0 aliphatic heterocycles. The van der Waals surface area contributed by atoms with Crippen LogP contribution in [0, 0.1) is 11.8 Å². The number of anilines is 2. The fraction of sp³-hybridized carbons (Fsp3) is 0.421. The fourth-order valence-corrected chi connectivity index (χ4v) is 7.44. The SMILES string of the molecule is CC[C@H]1CC[C@H](c2ccc(NC3=C4C(=O)C=CC(Nc5ccc([C@H]6CC[C@H](CC)CC6)cc5)=C4C(=O)C=C3)cc2)CC1. The molecule has 4 aliphatic rings. The number of nitrogens with one attached hydrogen (secondary N) is 2. The largest absolute Gasteiger partial charge is 0.355 e. The molecule has 0 radical (unpaired) electrons. The first-order valence-corrected chi connectivity index (χ1v) is 16.2. The predicted molar refractivity (Wildman–Crippen MR) is 172 cm³/mol. The van der Waals surface area contributed by atoms with Crippen molar-refractivity contribution in [2.45, 2.75) is 89.9 Å². The van der Waals surface area contributed by atoms with Gasteiger partial charge in [0.05, 0.1) is 22.5 Å². The summed E-state index contributed by atoms with van der Waals surface area (Å²) in [4.78, 5) is 26.2. The van der Waals surface area contributed by atoms with Crippen molar-refractivity contribution in [3.63, 3.8) is 0 Å². The van der Waals surface area contributed by atoms with E-state index in [1.807, 2.05) is 0 Å². The highest BCUT2D eigenvalue weighted by atomic mass is 16.1. The molecule has 4 aliphatic carbocycles. The van der Waals surface area contributed by atoms with Gasteiger partial charge in [-0.1, -0.05) is 51.0 Å². The van der Waals surface area contributed by atoms with Crippen LogP contribution in [0.25, 0.3) is 0 Å². The highest BCUT2D eigenvalue weighted by Crippen LogP contribution is 2.39. The second kappa shape index (κ2) is 12.7. The van der Waals surface area contributed by atoms with Crippen LogP contribution in [0.1, 0.15) is 101 Å². The number of allylic oxidation sites excluding steroid dienone is 6. The molecule has 42 heavy (non-hydrogen) atoms. The van der Waals surface area contributed by atoms with E-state index in [1.54, 1.807) is 24.3 Å². The second-order valence-electron chi connectivity index (χ2n) is 12.7. The summed E-state index contributed by atoms with van der Waals surface area (Å²) in [5, 5.41) is 6.87. The topological polar surface area (TPSA) is 58.2 Å². The maximum absolute atomic E-state index is 13.1. The Morgan fingerprint density at radius 1 is 0.524 bits per heavy atom. The zero-order valence-electron chi connectivity index (χ0n) is 25.1. The van der Waals surface area contributed by atoms with Gasteiger partial charge in [-0.3, -0.25) is 9.59 Å². The van der Waals surface area contributed by atoms with Crippen LogP contribution in [0.3, 0.4) is 0 Å². The minimum absolute atomic E-state index is 0.155. The number of fused-ring (bicyclic) bond motifs is 1. The molecule has 6 rings (SSSR count). The lowest BCUT2D eigenvalue weighted by atomic mass is 9.78. The molecule has 0 heterocycles. The van der Waals surface area contributed by atoms with Crippen LogP contribution in [0.15, 0.2) is 95.4 Å². The predicted octanol–water partition coefficient (Wildman–Crippen LogP) is 9.36. The van der Waals surface area contributed by atoms with E-state index < -0.39 is 0 Å². The Labute approximate surface area is 251 Å². The monoisotopic (exact) mass is 560 g/mol. The van der Waals surface area contributed by atoms with E-state index in [2.05, 4.69) is 73.0 Å². The summed E-state index contributed by atoms with van der Waals surface area (Å²) in [7, 11) is 0. The summed E-state index contributed by atoms with van der Waals surface area (Å²) in [6, 6.07) is 17.3. The van der Waals surface area contributed by atoms with Crippen molar-refractivity contribution >= 4 is 22.9 Å². The number of hydrogen-bond donors (Lipinski definition) is 2. The molecule has 2 N–H and O–H groups in total. The molecular formula is C38H44N2O2. The Morgan fingerprint density at radius 3 is 1.21 bits per heavy atom. The molecule has 2 fully saturated rings. The molecule has 0 saturated heterocycles. The standard InChI is InChI=1S/C38H44N2O2/c1-3-25-5-9-27(10-6-25)29-13-17-31(18-14-29)39-33-21-23-36(42)38-34(22-24-35(41)37(33)38)40-32-19-15-30(16-20-32)28-11-7-26(4-2)8-12-28/h13-28,39-40H,3-12H2,1-2H3/t25-,26-,27-,28-. The molecule has 4 nitrogen and oxygen atoms in total. The van der Waals surface area contributed by atoms with Crippen LogP contribution in [0.4, 0.5) is 11.4 Å². The Kier molecular flexibility index (Phi) is 8.60. The lowest BCUT2D eigenvalue weighted by Gasteiger charge is -2.28. The lowest BCUT2D eigenvalue weighted by Crippen LogP contribution is -2.24. The van der Waals surface area contributed by atoms with Crippen LogP contribution in [0.5, 0.6) is 0 Å². The van der Waals surface area contributed by atoms with E-state index in [4.69, 9.17) is 0 Å². The number of carbonyl (C=O) groups is 2. The van der Waals surface area contributed by atoms with Gasteiger partial charge in [0.2, 0.25) is 0 Å². The van der Waals surface area contributed by atoms with Gasteiger partial charge < -0.3 is 10.6 Å². The molecule has 2 aromatic rings. The molecule has 0 atom stereocenters. The minimum Gasteiger partial charge on any atom is -0.355 e. The highest BCUT2D eigenvalue weighted by molar-refractivity contribution is 6.23. The fourth-order valence-electron chi connectivity index (χ4n) is 7.44. The van der Waals surface area contributed by atoms with E-state index in [9.17, 15) is 9.59 Å². The van der Waals surface area contributed by atoms with Gasteiger partial charge in [0, 0.05) is 11.4 Å². The zero-order chi connectivity index (χ0) is 29.1. The first-order valence-electron chi connectivity index (χ1n) is 16.2. The molecular weight excluding hydrogens is 516 g/mol. The van der Waals surface area contributed by atoms with Gasteiger partial charge >= 0.3 is 0 Å². The molecule has 0 unspecified atom stereocenters. The molecule has 2 aromatic carbocycles. The smallest absolute Gasteiger partial charge is 0.188 e. The molecule has 218 valence electrons. The van der Waals surface area contributed by atoms with E-state index >= 15 is 0 Å². The number of hydrogen-bond acceptors (Lipinski definition) is 4. The van der Waals surface area contributed by atoms with Crippen LogP contribution >= 0.6 is 0 Å². The van der Waals surface area contributed by atoms with E-state index in [1.165, 1.54) is 75.3 Å². The maximum atomic E-state index is 13.1. The summed E-state index contributed by atoms with van der Waals surface area (Å²) in [6.07, 6.45) is 19.5. The van der Waals surface area contributed by atoms with Gasteiger partial charge in [-0.05, 0) is 135 Å². The lowest BCUT2D eigenvalue weighted by molar-refractivity contribution is -0.114. The summed E-state index contributed by atoms with van der Waals surface area (Å²) >= 11 is 0. The average Bonchev–Trinajstić information content (AvgIpc) is 3.04. The summed E-state index contributed by atoms with van der Waals surface area (Å²) in [6.45, 7) is 4.60. The normalized spacial score (nSPS) is 26.0. The number of ketones is 2. The zero-order valence-corrected chi connectivity index (χ0v) is 25.1. The van der Waals surface area contributed by atoms with Crippen molar-refractivity contribution in [3.05, 3.63) is 107 Å². The van der Waals surface area contributed by atoms with Crippen molar-refractivity contribution < 1.29 is 9.59 Å².